The molecule has 1 aromatic heterocycles. The molecule has 2 heterocycles. The molecule has 0 spiro atoms. The molecule has 5 heteroatoms. The molecule has 1 fully saturated rings. The number of amides is 2. The monoisotopic (exact) mass is 284 g/mol. The summed E-state index contributed by atoms with van der Waals surface area (Å²) in [4.78, 5) is 25.2. The largest absolute Gasteiger partial charge is 0.279 e. The second-order valence-electron chi connectivity index (χ2n) is 5.40. The van der Waals surface area contributed by atoms with Crippen molar-refractivity contribution < 1.29 is 14.2 Å². The highest BCUT2D eigenvalue weighted by Crippen LogP contribution is 2.15. The zero-order valence-corrected chi connectivity index (χ0v) is 12.0. The molecule has 2 aromatic rings. The number of aromatic nitrogens is 2. The van der Waals surface area contributed by atoms with Gasteiger partial charge < -0.3 is 0 Å². The van der Waals surface area contributed by atoms with Crippen LogP contribution in [0.25, 0.3) is 0 Å². The van der Waals surface area contributed by atoms with Gasteiger partial charge in [0.2, 0.25) is 12.2 Å². The van der Waals surface area contributed by atoms with E-state index in [0.29, 0.717) is 18.5 Å². The van der Waals surface area contributed by atoms with Gasteiger partial charge in [-0.25, -0.2) is 9.13 Å². The molecule has 1 aliphatic rings. The van der Waals surface area contributed by atoms with Gasteiger partial charge in [0.25, 0.3) is 5.91 Å². The third-order valence-electron chi connectivity index (χ3n) is 3.71. The van der Waals surface area contributed by atoms with Gasteiger partial charge in [0, 0.05) is 18.5 Å². The van der Waals surface area contributed by atoms with Crippen molar-refractivity contribution in [2.45, 2.75) is 19.4 Å². The smallest absolute Gasteiger partial charge is 0.260 e. The van der Waals surface area contributed by atoms with Crippen LogP contribution in [-0.2, 0) is 18.4 Å². The zero-order valence-electron chi connectivity index (χ0n) is 12.0. The fourth-order valence-electron chi connectivity index (χ4n) is 2.58. The van der Waals surface area contributed by atoms with Gasteiger partial charge in [-0.15, -0.1) is 0 Å². The number of aryl methyl sites for hydroxylation is 1. The van der Waals surface area contributed by atoms with E-state index in [-0.39, 0.29) is 11.8 Å². The van der Waals surface area contributed by atoms with E-state index in [1.807, 2.05) is 42.5 Å². The van der Waals surface area contributed by atoms with E-state index in [1.54, 1.807) is 12.1 Å². The number of rotatable bonds is 3. The number of carbonyl (C=O) groups excluding carboxylic acids is 2. The zero-order chi connectivity index (χ0) is 14.8. The van der Waals surface area contributed by atoms with E-state index in [0.717, 1.165) is 18.5 Å². The van der Waals surface area contributed by atoms with E-state index >= 15 is 0 Å². The summed E-state index contributed by atoms with van der Waals surface area (Å²) in [6.07, 6.45) is 7.24. The standard InChI is InChI=1S/C16H18N3O2/c1-17-9-10-18(12-17)11-13-4-6-14(7-5-13)16(21)19-8-2-3-15(19)20/h4-7,9-10,12H,2-3,8,11H2,1H3/q+1. The van der Waals surface area contributed by atoms with Gasteiger partial charge in [-0.2, -0.15) is 0 Å². The molecule has 0 radical (unpaired) electrons. The van der Waals surface area contributed by atoms with Crippen molar-refractivity contribution >= 4 is 11.8 Å². The maximum Gasteiger partial charge on any atom is 0.260 e. The molecule has 0 saturated carbocycles. The molecule has 3 rings (SSSR count). The second kappa shape index (κ2) is 5.52. The molecule has 21 heavy (non-hydrogen) atoms. The lowest BCUT2D eigenvalue weighted by Gasteiger charge is -2.13. The van der Waals surface area contributed by atoms with Crippen molar-refractivity contribution in [3.05, 3.63) is 54.1 Å². The van der Waals surface area contributed by atoms with Gasteiger partial charge in [0.1, 0.15) is 18.9 Å². The number of hydrogen-bond donors (Lipinski definition) is 0. The molecule has 0 bridgehead atoms. The molecule has 0 aliphatic carbocycles. The maximum absolute atomic E-state index is 12.2. The van der Waals surface area contributed by atoms with Crippen LogP contribution in [0, 0.1) is 0 Å². The Hall–Kier alpha value is -2.43. The van der Waals surface area contributed by atoms with Crippen molar-refractivity contribution in [1.82, 2.24) is 9.47 Å². The molecule has 0 atom stereocenters. The maximum atomic E-state index is 12.2. The van der Waals surface area contributed by atoms with Crippen LogP contribution in [0.5, 0.6) is 0 Å². The first-order valence-corrected chi connectivity index (χ1v) is 7.08. The van der Waals surface area contributed by atoms with Crippen LogP contribution in [0.3, 0.4) is 0 Å². The minimum Gasteiger partial charge on any atom is -0.279 e. The van der Waals surface area contributed by atoms with Crippen LogP contribution in [0.2, 0.25) is 0 Å². The predicted molar refractivity (Wildman–Crippen MR) is 76.4 cm³/mol. The number of likely N-dealkylation sites (tertiary alicyclic amines) is 1. The summed E-state index contributed by atoms with van der Waals surface area (Å²) in [5.74, 6) is -0.250. The first-order valence-electron chi connectivity index (χ1n) is 7.08. The average Bonchev–Trinajstić information content (AvgIpc) is 3.08. The van der Waals surface area contributed by atoms with Gasteiger partial charge in [-0.3, -0.25) is 14.5 Å². The number of hydrogen-bond acceptors (Lipinski definition) is 2. The molecule has 5 nitrogen and oxygen atoms in total. The molecule has 0 N–H and O–H groups in total. The highest BCUT2D eigenvalue weighted by Gasteiger charge is 2.27. The number of nitrogens with zero attached hydrogens (tertiary/aromatic N) is 3. The Balaban J connectivity index is 1.71. The van der Waals surface area contributed by atoms with Gasteiger partial charge in [-0.1, -0.05) is 12.1 Å². The summed E-state index contributed by atoms with van der Waals surface area (Å²) in [5, 5.41) is 0. The van der Waals surface area contributed by atoms with Gasteiger partial charge in [0.05, 0.1) is 7.05 Å². The molecule has 108 valence electrons. The minimum absolute atomic E-state index is 0.0658. The number of imidazole rings is 1. The SMILES string of the molecule is C[n+]1ccn(Cc2ccc(C(=O)N3CCCC3=O)cc2)c1. The van der Waals surface area contributed by atoms with Gasteiger partial charge in [-0.05, 0) is 24.1 Å². The van der Waals surface area contributed by atoms with E-state index in [2.05, 4.69) is 4.57 Å². The lowest BCUT2D eigenvalue weighted by Crippen LogP contribution is -2.31. The van der Waals surface area contributed by atoms with Crippen LogP contribution in [0.15, 0.2) is 43.0 Å². The van der Waals surface area contributed by atoms with Crippen molar-refractivity contribution in [2.75, 3.05) is 6.54 Å². The first kappa shape index (κ1) is 13.5. The Morgan fingerprint density at radius 1 is 1.29 bits per heavy atom. The highest BCUT2D eigenvalue weighted by atomic mass is 16.2. The van der Waals surface area contributed by atoms with E-state index in [9.17, 15) is 9.59 Å². The summed E-state index contributed by atoms with van der Waals surface area (Å²) in [6, 6.07) is 7.47. The fraction of sp³-hybridized carbons (Fsp3) is 0.312. The number of carbonyl (C=O) groups is 2. The Labute approximate surface area is 123 Å². The lowest BCUT2D eigenvalue weighted by molar-refractivity contribution is -0.671. The summed E-state index contributed by atoms with van der Waals surface area (Å²) in [6.45, 7) is 1.30. The van der Waals surface area contributed by atoms with Crippen LogP contribution < -0.4 is 4.57 Å². The topological polar surface area (TPSA) is 46.2 Å². The van der Waals surface area contributed by atoms with Crippen LogP contribution >= 0.6 is 0 Å². The van der Waals surface area contributed by atoms with Crippen molar-refractivity contribution in [3.8, 4) is 0 Å². The fourth-order valence-corrected chi connectivity index (χ4v) is 2.58. The Kier molecular flexibility index (Phi) is 3.56. The van der Waals surface area contributed by atoms with Crippen LogP contribution in [0.1, 0.15) is 28.8 Å². The van der Waals surface area contributed by atoms with Crippen molar-refractivity contribution in [3.63, 3.8) is 0 Å². The van der Waals surface area contributed by atoms with Crippen LogP contribution in [-0.4, -0.2) is 27.8 Å². The summed E-state index contributed by atoms with van der Waals surface area (Å²) in [7, 11) is 1.98. The first-order chi connectivity index (χ1) is 10.1. The predicted octanol–water partition coefficient (Wildman–Crippen LogP) is 1.12. The van der Waals surface area contributed by atoms with E-state index in [1.165, 1.54) is 4.90 Å². The van der Waals surface area contributed by atoms with Gasteiger partial charge in [0.15, 0.2) is 0 Å². The molecule has 1 aromatic carbocycles. The molecule has 0 unspecified atom stereocenters. The van der Waals surface area contributed by atoms with Crippen LogP contribution in [0.4, 0.5) is 0 Å². The number of benzene rings is 1. The van der Waals surface area contributed by atoms with Gasteiger partial charge >= 0.3 is 0 Å². The molecular weight excluding hydrogens is 266 g/mol. The lowest BCUT2D eigenvalue weighted by atomic mass is 10.1. The summed E-state index contributed by atoms with van der Waals surface area (Å²) in [5.41, 5.74) is 1.70. The molecule has 1 aliphatic heterocycles. The van der Waals surface area contributed by atoms with E-state index in [4.69, 9.17) is 0 Å². The Morgan fingerprint density at radius 3 is 2.62 bits per heavy atom. The van der Waals surface area contributed by atoms with Crippen molar-refractivity contribution in [1.29, 1.82) is 0 Å². The Bertz CT molecular complexity index is 673. The molecule has 2 amide bonds. The molecule has 1 saturated heterocycles. The summed E-state index contributed by atoms with van der Waals surface area (Å²) < 4.78 is 4.05. The quantitative estimate of drug-likeness (QED) is 0.626. The van der Waals surface area contributed by atoms with E-state index < -0.39 is 0 Å². The second-order valence-corrected chi connectivity index (χ2v) is 5.40. The number of imide groups is 1. The van der Waals surface area contributed by atoms with Crippen molar-refractivity contribution in [2.24, 2.45) is 7.05 Å². The minimum atomic E-state index is -0.184. The Morgan fingerprint density at radius 2 is 2.05 bits per heavy atom. The normalized spacial score (nSPS) is 14.7. The average molecular weight is 284 g/mol. The third-order valence-corrected chi connectivity index (χ3v) is 3.71. The summed E-state index contributed by atoms with van der Waals surface area (Å²) >= 11 is 0. The molecular formula is C16H18N3O2+. The highest BCUT2D eigenvalue weighted by molar-refractivity contribution is 6.05. The third kappa shape index (κ3) is 2.86.